The van der Waals surface area contributed by atoms with Gasteiger partial charge in [-0.15, -0.1) is 0 Å². The molecule has 0 saturated carbocycles. The van der Waals surface area contributed by atoms with E-state index in [-0.39, 0.29) is 10.9 Å². The maximum Gasteiger partial charge on any atom is 0.326 e. The van der Waals surface area contributed by atoms with Gasteiger partial charge in [0.2, 0.25) is 0 Å². The molecule has 72 valence electrons. The molecule has 0 saturated heterocycles. The normalized spacial score (nSPS) is 10.6. The van der Waals surface area contributed by atoms with Crippen LogP contribution < -0.4 is 16.8 Å². The highest BCUT2D eigenvalue weighted by Gasteiger charge is 2.04. The van der Waals surface area contributed by atoms with E-state index < -0.39 is 16.8 Å². The first-order chi connectivity index (χ1) is 6.58. The van der Waals surface area contributed by atoms with Crippen molar-refractivity contribution in [3.05, 3.63) is 43.0 Å². The van der Waals surface area contributed by atoms with Crippen molar-refractivity contribution in [2.24, 2.45) is 0 Å². The second-order valence-corrected chi connectivity index (χ2v) is 2.98. The third kappa shape index (κ3) is 1.17. The van der Waals surface area contributed by atoms with E-state index in [1.165, 1.54) is 6.07 Å². The highest BCUT2D eigenvalue weighted by Crippen LogP contribution is 1.98. The van der Waals surface area contributed by atoms with Gasteiger partial charge in [-0.05, 0) is 13.0 Å². The maximum absolute atomic E-state index is 11.3. The topological polar surface area (TPSA) is 98.6 Å². The highest BCUT2D eigenvalue weighted by molar-refractivity contribution is 5.76. The van der Waals surface area contributed by atoms with Gasteiger partial charge in [0.05, 0.1) is 5.39 Å². The Bertz CT molecular complexity index is 662. The molecular formula is C8H7N3O3. The fourth-order valence-electron chi connectivity index (χ4n) is 1.31. The van der Waals surface area contributed by atoms with Crippen molar-refractivity contribution in [2.45, 2.75) is 6.92 Å². The first-order valence-corrected chi connectivity index (χ1v) is 3.94. The summed E-state index contributed by atoms with van der Waals surface area (Å²) in [6.07, 6.45) is 0. The van der Waals surface area contributed by atoms with Crippen LogP contribution in [0, 0.1) is 6.92 Å². The van der Waals surface area contributed by atoms with E-state index >= 15 is 0 Å². The van der Waals surface area contributed by atoms with Crippen LogP contribution in [0.15, 0.2) is 20.4 Å². The van der Waals surface area contributed by atoms with Gasteiger partial charge in [-0.2, -0.15) is 0 Å². The van der Waals surface area contributed by atoms with Gasteiger partial charge in [-0.1, -0.05) is 0 Å². The predicted molar refractivity (Wildman–Crippen MR) is 50.5 cm³/mol. The average Bonchev–Trinajstić information content (AvgIpc) is 2.07. The molecule has 0 bridgehead atoms. The van der Waals surface area contributed by atoms with E-state index in [9.17, 15) is 14.4 Å². The van der Waals surface area contributed by atoms with Gasteiger partial charge in [-0.25, -0.2) is 4.79 Å². The van der Waals surface area contributed by atoms with Gasteiger partial charge in [0.15, 0.2) is 0 Å². The van der Waals surface area contributed by atoms with Crippen molar-refractivity contribution < 1.29 is 0 Å². The minimum atomic E-state index is -0.683. The molecule has 6 heteroatoms. The molecule has 2 aromatic rings. The molecule has 6 nitrogen and oxygen atoms in total. The molecular weight excluding hydrogens is 186 g/mol. The van der Waals surface area contributed by atoms with E-state index in [0.29, 0.717) is 5.69 Å². The third-order valence-electron chi connectivity index (χ3n) is 1.88. The van der Waals surface area contributed by atoms with Gasteiger partial charge in [0, 0.05) is 5.69 Å². The Kier molecular flexibility index (Phi) is 1.63. The Balaban J connectivity index is 3.18. The van der Waals surface area contributed by atoms with Crippen molar-refractivity contribution in [3.63, 3.8) is 0 Å². The predicted octanol–water partition coefficient (Wildman–Crippen LogP) is -0.787. The number of fused-ring (bicyclic) bond motifs is 1. The van der Waals surface area contributed by atoms with Gasteiger partial charge >= 0.3 is 5.69 Å². The number of pyridine rings is 1. The standard InChI is InChI=1S/C8H7N3O3/c1-3-2-4-5(7(13)9-3)10-8(14)11-6(4)12/h2H,1H3,(H,9,13)(H2,10,11,12,14). The number of rotatable bonds is 0. The lowest BCUT2D eigenvalue weighted by molar-refractivity contribution is 1.05. The molecule has 0 spiro atoms. The van der Waals surface area contributed by atoms with Crippen LogP contribution in [0.2, 0.25) is 0 Å². The fraction of sp³-hybridized carbons (Fsp3) is 0.125. The second kappa shape index (κ2) is 2.69. The first kappa shape index (κ1) is 8.49. The first-order valence-electron chi connectivity index (χ1n) is 3.94. The molecule has 0 fully saturated rings. The smallest absolute Gasteiger partial charge is 0.325 e. The molecule has 0 atom stereocenters. The lowest BCUT2D eigenvalue weighted by atomic mass is 10.2. The molecule has 0 aliphatic carbocycles. The summed E-state index contributed by atoms with van der Waals surface area (Å²) in [7, 11) is 0. The summed E-state index contributed by atoms with van der Waals surface area (Å²) in [5, 5.41) is 0.186. The Morgan fingerprint density at radius 1 is 1.00 bits per heavy atom. The van der Waals surface area contributed by atoms with Crippen molar-refractivity contribution in [1.29, 1.82) is 0 Å². The number of hydrogen-bond acceptors (Lipinski definition) is 3. The summed E-state index contributed by atoms with van der Waals surface area (Å²) in [6.45, 7) is 1.66. The molecule has 0 unspecified atom stereocenters. The zero-order chi connectivity index (χ0) is 10.3. The van der Waals surface area contributed by atoms with Crippen LogP contribution in [0.3, 0.4) is 0 Å². The Hall–Kier alpha value is -2.11. The van der Waals surface area contributed by atoms with Crippen LogP contribution in [-0.4, -0.2) is 15.0 Å². The Morgan fingerprint density at radius 3 is 2.43 bits per heavy atom. The summed E-state index contributed by atoms with van der Waals surface area (Å²) >= 11 is 0. The SMILES string of the molecule is Cc1cc2c(=O)[nH]c(=O)[nH]c2c(=O)[nH]1. The lowest BCUT2D eigenvalue weighted by Crippen LogP contribution is -2.26. The van der Waals surface area contributed by atoms with Crippen molar-refractivity contribution in [2.75, 3.05) is 0 Å². The number of H-pyrrole nitrogens is 3. The Morgan fingerprint density at radius 2 is 1.71 bits per heavy atom. The van der Waals surface area contributed by atoms with Crippen LogP contribution >= 0.6 is 0 Å². The summed E-state index contributed by atoms with van der Waals surface area (Å²) in [4.78, 5) is 40.3. The van der Waals surface area contributed by atoms with Crippen molar-refractivity contribution >= 4 is 10.9 Å². The summed E-state index contributed by atoms with van der Waals surface area (Å²) in [5.41, 5.74) is -1.14. The molecule has 2 heterocycles. The molecule has 0 aliphatic rings. The van der Waals surface area contributed by atoms with Gasteiger partial charge in [0.1, 0.15) is 5.52 Å². The van der Waals surface area contributed by atoms with E-state index in [1.54, 1.807) is 6.92 Å². The van der Waals surface area contributed by atoms with E-state index in [1.807, 2.05) is 4.98 Å². The lowest BCUT2D eigenvalue weighted by Gasteiger charge is -1.96. The second-order valence-electron chi connectivity index (χ2n) is 2.98. The van der Waals surface area contributed by atoms with Crippen LogP contribution in [-0.2, 0) is 0 Å². The number of hydrogen-bond donors (Lipinski definition) is 3. The molecule has 3 N–H and O–H groups in total. The average molecular weight is 193 g/mol. The molecule has 0 radical (unpaired) electrons. The van der Waals surface area contributed by atoms with Crippen LogP contribution in [0.1, 0.15) is 5.69 Å². The van der Waals surface area contributed by atoms with Gasteiger partial charge in [-0.3, -0.25) is 14.6 Å². The zero-order valence-electron chi connectivity index (χ0n) is 7.30. The molecule has 2 aromatic heterocycles. The quantitative estimate of drug-likeness (QED) is 0.511. The van der Waals surface area contributed by atoms with Crippen LogP contribution in [0.4, 0.5) is 0 Å². The summed E-state index contributed by atoms with van der Waals surface area (Å²) in [5.74, 6) is 0. The van der Waals surface area contributed by atoms with Crippen LogP contribution in [0.5, 0.6) is 0 Å². The molecule has 14 heavy (non-hydrogen) atoms. The highest BCUT2D eigenvalue weighted by atomic mass is 16.2. The van der Waals surface area contributed by atoms with Gasteiger partial charge in [0.25, 0.3) is 11.1 Å². The number of aryl methyl sites for hydroxylation is 1. The minimum Gasteiger partial charge on any atom is -0.325 e. The Labute approximate surface area is 76.6 Å². The third-order valence-corrected chi connectivity index (χ3v) is 1.88. The van der Waals surface area contributed by atoms with E-state index in [0.717, 1.165) is 0 Å². The fourth-order valence-corrected chi connectivity index (χ4v) is 1.31. The molecule has 0 aromatic carbocycles. The molecule has 2 rings (SSSR count). The number of nitrogens with one attached hydrogen (secondary N) is 3. The van der Waals surface area contributed by atoms with Crippen LogP contribution in [0.25, 0.3) is 10.9 Å². The maximum atomic E-state index is 11.3. The van der Waals surface area contributed by atoms with Gasteiger partial charge < -0.3 is 9.97 Å². The number of aromatic nitrogens is 3. The molecule has 0 amide bonds. The molecule has 0 aliphatic heterocycles. The number of aromatic amines is 3. The monoisotopic (exact) mass is 193 g/mol. The summed E-state index contributed by atoms with van der Waals surface area (Å²) < 4.78 is 0. The van der Waals surface area contributed by atoms with E-state index in [4.69, 9.17) is 0 Å². The van der Waals surface area contributed by atoms with Crippen molar-refractivity contribution in [1.82, 2.24) is 15.0 Å². The van der Waals surface area contributed by atoms with Crippen molar-refractivity contribution in [3.8, 4) is 0 Å². The van der Waals surface area contributed by atoms with E-state index in [2.05, 4.69) is 9.97 Å². The summed E-state index contributed by atoms with van der Waals surface area (Å²) in [6, 6.07) is 1.51. The zero-order valence-corrected chi connectivity index (χ0v) is 7.30. The minimum absolute atomic E-state index is 0.00403. The largest absolute Gasteiger partial charge is 0.326 e.